The van der Waals surface area contributed by atoms with Crippen molar-refractivity contribution >= 4 is 11.6 Å². The maximum absolute atomic E-state index is 12.0. The molecule has 2 aliphatic heterocycles. The summed E-state index contributed by atoms with van der Waals surface area (Å²) in [4.78, 5) is 19.7. The van der Waals surface area contributed by atoms with Crippen molar-refractivity contribution in [1.29, 1.82) is 0 Å². The molecule has 2 aliphatic rings. The van der Waals surface area contributed by atoms with Crippen molar-refractivity contribution in [2.75, 3.05) is 13.6 Å². The number of carbonyl (C=O) groups excluding carboxylic acids is 1. The van der Waals surface area contributed by atoms with Gasteiger partial charge in [-0.25, -0.2) is 9.78 Å². The summed E-state index contributed by atoms with van der Waals surface area (Å²) in [5.41, 5.74) is 1.08. The van der Waals surface area contributed by atoms with Gasteiger partial charge in [0.15, 0.2) is 12.2 Å². The fourth-order valence-electron chi connectivity index (χ4n) is 2.66. The first-order chi connectivity index (χ1) is 8.22. The van der Waals surface area contributed by atoms with E-state index in [2.05, 4.69) is 18.0 Å². The lowest BCUT2D eigenvalue weighted by Crippen LogP contribution is -2.37. The largest absolute Gasteiger partial charge is 0.444 e. The normalized spacial score (nSPS) is 27.6. The second kappa shape index (κ2) is 3.61. The van der Waals surface area contributed by atoms with E-state index in [-0.39, 0.29) is 18.1 Å². The zero-order valence-corrected chi connectivity index (χ0v) is 9.96. The van der Waals surface area contributed by atoms with Crippen LogP contribution in [0.1, 0.15) is 19.1 Å². The number of likely N-dealkylation sites (N-methyl/N-ethyl adjacent to an activating group) is 1. The van der Waals surface area contributed by atoms with Gasteiger partial charge in [-0.1, -0.05) is 13.0 Å². The Hall–Kier alpha value is -1.78. The molecule has 2 amide bonds. The van der Waals surface area contributed by atoms with E-state index in [1.807, 2.05) is 11.9 Å². The third-order valence-electron chi connectivity index (χ3n) is 3.65. The molecule has 17 heavy (non-hydrogen) atoms. The molecule has 5 heteroatoms. The zero-order valence-electron chi connectivity index (χ0n) is 9.96. The Morgan fingerprint density at radius 2 is 2.41 bits per heavy atom. The van der Waals surface area contributed by atoms with E-state index in [9.17, 15) is 4.79 Å². The molecule has 3 rings (SSSR count). The van der Waals surface area contributed by atoms with Gasteiger partial charge < -0.3 is 14.2 Å². The molecule has 1 aromatic rings. The summed E-state index contributed by atoms with van der Waals surface area (Å²) in [7, 11) is 1.84. The molecular weight excluding hydrogens is 218 g/mol. The number of carbonyl (C=O) groups is 1. The molecule has 90 valence electrons. The Morgan fingerprint density at radius 3 is 3.06 bits per heavy atom. The molecule has 1 unspecified atom stereocenters. The van der Waals surface area contributed by atoms with E-state index in [4.69, 9.17) is 4.42 Å². The van der Waals surface area contributed by atoms with Gasteiger partial charge in [0.05, 0.1) is 18.3 Å². The third-order valence-corrected chi connectivity index (χ3v) is 3.65. The summed E-state index contributed by atoms with van der Waals surface area (Å²) >= 11 is 0. The predicted octanol–water partition coefficient (Wildman–Crippen LogP) is 1.59. The van der Waals surface area contributed by atoms with Gasteiger partial charge >= 0.3 is 6.03 Å². The van der Waals surface area contributed by atoms with E-state index in [0.29, 0.717) is 0 Å². The maximum atomic E-state index is 12.0. The quantitative estimate of drug-likeness (QED) is 0.779. The van der Waals surface area contributed by atoms with Crippen molar-refractivity contribution in [3.8, 4) is 0 Å². The van der Waals surface area contributed by atoms with Gasteiger partial charge in [0.1, 0.15) is 0 Å². The molecule has 0 spiro atoms. The minimum absolute atomic E-state index is 0.0956. The Morgan fingerprint density at radius 1 is 1.59 bits per heavy atom. The molecule has 2 atom stereocenters. The lowest BCUT2D eigenvalue weighted by atomic mass is 9.97. The third kappa shape index (κ3) is 1.38. The number of fused-ring (bicyclic) bond motifs is 2. The predicted molar refractivity (Wildman–Crippen MR) is 62.2 cm³/mol. The van der Waals surface area contributed by atoms with Gasteiger partial charge in [-0.3, -0.25) is 0 Å². The van der Waals surface area contributed by atoms with E-state index in [0.717, 1.165) is 24.3 Å². The van der Waals surface area contributed by atoms with Crippen molar-refractivity contribution in [1.82, 2.24) is 14.8 Å². The number of oxazole rings is 1. The molecule has 0 radical (unpaired) electrons. The molecule has 1 saturated heterocycles. The van der Waals surface area contributed by atoms with Crippen molar-refractivity contribution in [2.45, 2.75) is 25.4 Å². The number of rotatable bonds is 2. The second-order valence-electron chi connectivity index (χ2n) is 4.52. The average Bonchev–Trinajstić information content (AvgIpc) is 2.95. The van der Waals surface area contributed by atoms with Gasteiger partial charge in [-0.15, -0.1) is 0 Å². The summed E-state index contributed by atoms with van der Waals surface area (Å²) < 4.78 is 5.36. The van der Waals surface area contributed by atoms with Gasteiger partial charge in [0.2, 0.25) is 0 Å². The van der Waals surface area contributed by atoms with Crippen molar-refractivity contribution in [2.24, 2.45) is 0 Å². The van der Waals surface area contributed by atoms with Crippen LogP contribution < -0.4 is 0 Å². The average molecular weight is 233 g/mol. The molecule has 0 aliphatic carbocycles. The lowest BCUT2D eigenvalue weighted by Gasteiger charge is -2.28. The summed E-state index contributed by atoms with van der Waals surface area (Å²) in [5, 5.41) is 0. The number of amides is 2. The minimum Gasteiger partial charge on any atom is -0.444 e. The molecule has 0 N–H and O–H groups in total. The Bertz CT molecular complexity index is 466. The van der Waals surface area contributed by atoms with E-state index >= 15 is 0 Å². The zero-order chi connectivity index (χ0) is 12.0. The number of hydrogen-bond donors (Lipinski definition) is 0. The highest BCUT2D eigenvalue weighted by atomic mass is 16.3. The Labute approximate surface area is 99.7 Å². The summed E-state index contributed by atoms with van der Waals surface area (Å²) in [6.07, 6.45) is 6.20. The van der Waals surface area contributed by atoms with E-state index in [1.54, 1.807) is 11.1 Å². The first kappa shape index (κ1) is 10.4. The molecule has 1 aromatic heterocycles. The standard InChI is InChI=1S/C12H15N3O2/c1-3-8-4-9(11-5-13-7-17-11)10-6-15(8)12(16)14(10)2/h4-5,7-8,10H,3,6H2,1-2H3/t8-,10?/m1/s1. The highest BCUT2D eigenvalue weighted by Gasteiger charge is 2.43. The van der Waals surface area contributed by atoms with Crippen LogP contribution in [0.2, 0.25) is 0 Å². The van der Waals surface area contributed by atoms with Crippen LogP contribution in [0, 0.1) is 0 Å². The Balaban J connectivity index is 2.04. The molecule has 3 heterocycles. The van der Waals surface area contributed by atoms with Crippen LogP contribution in [0.5, 0.6) is 0 Å². The number of urea groups is 1. The lowest BCUT2D eigenvalue weighted by molar-refractivity contribution is 0.190. The van der Waals surface area contributed by atoms with Crippen LogP contribution in [0.3, 0.4) is 0 Å². The van der Waals surface area contributed by atoms with Gasteiger partial charge in [0, 0.05) is 19.2 Å². The smallest absolute Gasteiger partial charge is 0.320 e. The summed E-state index contributed by atoms with van der Waals surface area (Å²) in [6.45, 7) is 2.84. The number of aromatic nitrogens is 1. The van der Waals surface area contributed by atoms with Crippen LogP contribution in [0.15, 0.2) is 23.1 Å². The van der Waals surface area contributed by atoms with Crippen LogP contribution in [-0.4, -0.2) is 46.5 Å². The van der Waals surface area contributed by atoms with Gasteiger partial charge in [0.25, 0.3) is 0 Å². The van der Waals surface area contributed by atoms with Crippen molar-refractivity contribution in [3.05, 3.63) is 24.4 Å². The van der Waals surface area contributed by atoms with E-state index < -0.39 is 0 Å². The molecule has 5 nitrogen and oxygen atoms in total. The van der Waals surface area contributed by atoms with Crippen LogP contribution in [0.4, 0.5) is 4.79 Å². The SMILES string of the molecule is CC[C@@H]1C=C(c2cnco2)C2CN1C(=O)N2C. The second-order valence-corrected chi connectivity index (χ2v) is 4.52. The topological polar surface area (TPSA) is 49.6 Å². The highest BCUT2D eigenvalue weighted by Crippen LogP contribution is 2.34. The fourth-order valence-corrected chi connectivity index (χ4v) is 2.66. The van der Waals surface area contributed by atoms with Crippen LogP contribution in [0.25, 0.3) is 5.57 Å². The number of hydrogen-bond acceptors (Lipinski definition) is 3. The molecule has 0 aromatic carbocycles. The summed E-state index contributed by atoms with van der Waals surface area (Å²) in [5.74, 6) is 0.773. The first-order valence-corrected chi connectivity index (χ1v) is 5.86. The molecule has 2 bridgehead atoms. The first-order valence-electron chi connectivity index (χ1n) is 5.86. The fraction of sp³-hybridized carbons (Fsp3) is 0.500. The van der Waals surface area contributed by atoms with Crippen molar-refractivity contribution < 1.29 is 9.21 Å². The molecule has 1 fully saturated rings. The van der Waals surface area contributed by atoms with Gasteiger partial charge in [-0.05, 0) is 6.42 Å². The summed E-state index contributed by atoms with van der Waals surface area (Å²) in [6, 6.07) is 0.370. The molecular formula is C12H15N3O2. The number of nitrogens with zero attached hydrogens (tertiary/aromatic N) is 3. The monoisotopic (exact) mass is 233 g/mol. The maximum Gasteiger partial charge on any atom is 0.320 e. The minimum atomic E-state index is 0.0956. The van der Waals surface area contributed by atoms with Crippen LogP contribution in [-0.2, 0) is 0 Å². The molecule has 0 saturated carbocycles. The highest BCUT2D eigenvalue weighted by molar-refractivity contribution is 5.85. The van der Waals surface area contributed by atoms with Gasteiger partial charge in [-0.2, -0.15) is 0 Å². The Kier molecular flexibility index (Phi) is 2.21. The van der Waals surface area contributed by atoms with Crippen LogP contribution >= 0.6 is 0 Å². The van der Waals surface area contributed by atoms with Crippen molar-refractivity contribution in [3.63, 3.8) is 0 Å². The van der Waals surface area contributed by atoms with E-state index in [1.165, 1.54) is 6.39 Å².